The Bertz CT molecular complexity index is 287. The van der Waals surface area contributed by atoms with E-state index in [1.165, 1.54) is 32.1 Å². The minimum atomic E-state index is -0.242. The second-order valence-corrected chi connectivity index (χ2v) is 5.55. The fourth-order valence-corrected chi connectivity index (χ4v) is 3.09. The van der Waals surface area contributed by atoms with Crippen LogP contribution in [0.15, 0.2) is 0 Å². The highest BCUT2D eigenvalue weighted by molar-refractivity contribution is 5.75. The molecule has 4 nitrogen and oxygen atoms in total. The zero-order valence-electron chi connectivity index (χ0n) is 11.5. The van der Waals surface area contributed by atoms with Crippen LogP contribution in [0.1, 0.15) is 52.4 Å². The molecule has 0 bridgehead atoms. The second-order valence-electron chi connectivity index (χ2n) is 5.55. The molecule has 18 heavy (non-hydrogen) atoms. The van der Waals surface area contributed by atoms with Crippen LogP contribution < -0.4 is 5.32 Å². The first-order chi connectivity index (χ1) is 8.65. The van der Waals surface area contributed by atoms with Crippen molar-refractivity contribution in [1.82, 2.24) is 5.32 Å². The van der Waals surface area contributed by atoms with Crippen molar-refractivity contribution in [2.24, 2.45) is 0 Å². The van der Waals surface area contributed by atoms with Crippen LogP contribution in [0.2, 0.25) is 0 Å². The molecular formula is C14H25NO3. The molecule has 0 aromatic heterocycles. The summed E-state index contributed by atoms with van der Waals surface area (Å²) in [6.45, 7) is 4.86. The van der Waals surface area contributed by atoms with E-state index < -0.39 is 0 Å². The molecule has 2 aliphatic rings. The van der Waals surface area contributed by atoms with E-state index in [1.54, 1.807) is 0 Å². The van der Waals surface area contributed by atoms with E-state index in [0.29, 0.717) is 6.61 Å². The monoisotopic (exact) mass is 255 g/mol. The third-order valence-corrected chi connectivity index (χ3v) is 4.15. The second kappa shape index (κ2) is 6.02. The Kier molecular flexibility index (Phi) is 4.62. The van der Waals surface area contributed by atoms with Crippen molar-refractivity contribution in [2.45, 2.75) is 70.1 Å². The van der Waals surface area contributed by atoms with Crippen molar-refractivity contribution >= 4 is 5.97 Å². The van der Waals surface area contributed by atoms with Gasteiger partial charge in [0.05, 0.1) is 18.3 Å². The molecule has 1 aliphatic carbocycles. The van der Waals surface area contributed by atoms with Crippen molar-refractivity contribution in [3.05, 3.63) is 0 Å². The van der Waals surface area contributed by atoms with Crippen LogP contribution >= 0.6 is 0 Å². The molecular weight excluding hydrogens is 230 g/mol. The molecule has 1 spiro atoms. The van der Waals surface area contributed by atoms with Crippen molar-refractivity contribution in [3.8, 4) is 0 Å². The SMILES string of the molecule is CCOC(=O)C(C)NCC1CCC2(CCCC2)O1. The number of nitrogens with one attached hydrogen (secondary N) is 1. The number of rotatable bonds is 5. The van der Waals surface area contributed by atoms with E-state index in [-0.39, 0.29) is 23.7 Å². The minimum Gasteiger partial charge on any atom is -0.465 e. The summed E-state index contributed by atoms with van der Waals surface area (Å²) in [5, 5.41) is 3.22. The molecule has 104 valence electrons. The Morgan fingerprint density at radius 2 is 2.17 bits per heavy atom. The highest BCUT2D eigenvalue weighted by atomic mass is 16.5. The van der Waals surface area contributed by atoms with Crippen LogP contribution in [0.3, 0.4) is 0 Å². The van der Waals surface area contributed by atoms with Crippen molar-refractivity contribution < 1.29 is 14.3 Å². The molecule has 2 unspecified atom stereocenters. The van der Waals surface area contributed by atoms with Crippen LogP contribution in [0.25, 0.3) is 0 Å². The molecule has 0 aromatic carbocycles. The minimum absolute atomic E-state index is 0.175. The van der Waals surface area contributed by atoms with Crippen LogP contribution in [-0.4, -0.2) is 36.9 Å². The molecule has 1 saturated carbocycles. The topological polar surface area (TPSA) is 47.6 Å². The normalized spacial score (nSPS) is 27.6. The number of hydrogen-bond donors (Lipinski definition) is 1. The maximum absolute atomic E-state index is 11.5. The molecule has 0 amide bonds. The molecule has 4 heteroatoms. The molecule has 0 aromatic rings. The van der Waals surface area contributed by atoms with Crippen molar-refractivity contribution in [3.63, 3.8) is 0 Å². The van der Waals surface area contributed by atoms with Crippen LogP contribution in [0.4, 0.5) is 0 Å². The Morgan fingerprint density at radius 1 is 1.44 bits per heavy atom. The highest BCUT2D eigenvalue weighted by Gasteiger charge is 2.42. The van der Waals surface area contributed by atoms with Gasteiger partial charge >= 0.3 is 5.97 Å². The first-order valence-electron chi connectivity index (χ1n) is 7.23. The lowest BCUT2D eigenvalue weighted by Gasteiger charge is -2.24. The van der Waals surface area contributed by atoms with Gasteiger partial charge in [0.25, 0.3) is 0 Å². The largest absolute Gasteiger partial charge is 0.465 e. The Labute approximate surface area is 109 Å². The summed E-state index contributed by atoms with van der Waals surface area (Å²) in [7, 11) is 0. The van der Waals surface area contributed by atoms with Crippen molar-refractivity contribution in [1.29, 1.82) is 0 Å². The van der Waals surface area contributed by atoms with E-state index in [4.69, 9.17) is 9.47 Å². The van der Waals surface area contributed by atoms with Gasteiger partial charge in [-0.1, -0.05) is 12.8 Å². The summed E-state index contributed by atoms with van der Waals surface area (Å²) in [6, 6.07) is -0.242. The first kappa shape index (κ1) is 13.8. The molecule has 1 heterocycles. The van der Waals surface area contributed by atoms with Gasteiger partial charge in [-0.25, -0.2) is 0 Å². The zero-order chi connectivity index (χ0) is 13.0. The summed E-state index contributed by atoms with van der Waals surface area (Å²) in [5.74, 6) is -0.175. The maximum atomic E-state index is 11.5. The smallest absolute Gasteiger partial charge is 0.322 e. The van der Waals surface area contributed by atoms with Gasteiger partial charge in [-0.3, -0.25) is 4.79 Å². The summed E-state index contributed by atoms with van der Waals surface area (Å²) in [5.41, 5.74) is 0.180. The van der Waals surface area contributed by atoms with E-state index in [1.807, 2.05) is 13.8 Å². The maximum Gasteiger partial charge on any atom is 0.322 e. The predicted molar refractivity (Wildman–Crippen MR) is 69.4 cm³/mol. The number of esters is 1. The summed E-state index contributed by atoms with van der Waals surface area (Å²) in [6.07, 6.45) is 7.61. The summed E-state index contributed by atoms with van der Waals surface area (Å²) in [4.78, 5) is 11.5. The third-order valence-electron chi connectivity index (χ3n) is 4.15. The van der Waals surface area contributed by atoms with Gasteiger partial charge in [0.2, 0.25) is 0 Å². The van der Waals surface area contributed by atoms with Gasteiger partial charge in [0.1, 0.15) is 6.04 Å². The molecule has 2 rings (SSSR count). The van der Waals surface area contributed by atoms with Gasteiger partial charge in [-0.2, -0.15) is 0 Å². The molecule has 1 saturated heterocycles. The number of carbonyl (C=O) groups excluding carboxylic acids is 1. The quantitative estimate of drug-likeness (QED) is 0.764. The Balaban J connectivity index is 1.70. The average Bonchev–Trinajstić information content (AvgIpc) is 2.98. The molecule has 0 radical (unpaired) electrons. The van der Waals surface area contributed by atoms with Crippen molar-refractivity contribution in [2.75, 3.05) is 13.2 Å². The lowest BCUT2D eigenvalue weighted by molar-refractivity contribution is -0.145. The lowest BCUT2D eigenvalue weighted by Crippen LogP contribution is -2.40. The number of hydrogen-bond acceptors (Lipinski definition) is 4. The third kappa shape index (κ3) is 3.23. The standard InChI is InChI=1S/C14H25NO3/c1-3-17-13(16)11(2)15-10-12-6-9-14(18-12)7-4-5-8-14/h11-12,15H,3-10H2,1-2H3. The van der Waals surface area contributed by atoms with Gasteiger partial charge in [-0.15, -0.1) is 0 Å². The fourth-order valence-electron chi connectivity index (χ4n) is 3.09. The van der Waals surface area contributed by atoms with Crippen LogP contribution in [0, 0.1) is 0 Å². The van der Waals surface area contributed by atoms with Gasteiger partial charge in [0, 0.05) is 6.54 Å². The van der Waals surface area contributed by atoms with Crippen LogP contribution in [0.5, 0.6) is 0 Å². The lowest BCUT2D eigenvalue weighted by atomic mass is 9.98. The Morgan fingerprint density at radius 3 is 2.83 bits per heavy atom. The van der Waals surface area contributed by atoms with Crippen LogP contribution in [-0.2, 0) is 14.3 Å². The average molecular weight is 255 g/mol. The van der Waals surface area contributed by atoms with E-state index in [0.717, 1.165) is 13.0 Å². The van der Waals surface area contributed by atoms with Gasteiger partial charge in [-0.05, 0) is 39.5 Å². The first-order valence-corrected chi connectivity index (χ1v) is 7.23. The molecule has 1 aliphatic heterocycles. The zero-order valence-corrected chi connectivity index (χ0v) is 11.5. The summed E-state index contributed by atoms with van der Waals surface area (Å²) < 4.78 is 11.2. The summed E-state index contributed by atoms with van der Waals surface area (Å²) >= 11 is 0. The fraction of sp³-hybridized carbons (Fsp3) is 0.929. The van der Waals surface area contributed by atoms with Gasteiger partial charge in [0.15, 0.2) is 0 Å². The number of carbonyl (C=O) groups is 1. The van der Waals surface area contributed by atoms with E-state index in [9.17, 15) is 4.79 Å². The van der Waals surface area contributed by atoms with E-state index in [2.05, 4.69) is 5.32 Å². The van der Waals surface area contributed by atoms with Gasteiger partial charge < -0.3 is 14.8 Å². The predicted octanol–water partition coefficient (Wildman–Crippen LogP) is 2.02. The molecule has 1 N–H and O–H groups in total. The highest BCUT2D eigenvalue weighted by Crippen LogP contribution is 2.43. The number of ether oxygens (including phenoxy) is 2. The molecule has 2 fully saturated rings. The van der Waals surface area contributed by atoms with E-state index >= 15 is 0 Å². The molecule has 2 atom stereocenters. The Hall–Kier alpha value is -0.610.